The maximum Gasteiger partial charge on any atom is 0.309 e. The van der Waals surface area contributed by atoms with Crippen LogP contribution in [0, 0.1) is 26.2 Å². The fourth-order valence-corrected chi connectivity index (χ4v) is 4.07. The Morgan fingerprint density at radius 2 is 1.53 bits per heavy atom. The molecular weight excluding hydrogens is 376 g/mol. The molecule has 0 aliphatic heterocycles. The summed E-state index contributed by atoms with van der Waals surface area (Å²) in [6.07, 6.45) is 8.96. The van der Waals surface area contributed by atoms with Gasteiger partial charge in [0.1, 0.15) is 5.60 Å². The minimum atomic E-state index is -0.708. The number of aliphatic carboxylic acids is 1. The van der Waals surface area contributed by atoms with E-state index in [1.54, 1.807) is 13.8 Å². The number of ether oxygens (including phenoxy) is 1. The third kappa shape index (κ3) is 8.12. The molecule has 0 atom stereocenters. The average Bonchev–Trinajstić information content (AvgIpc) is 2.64. The van der Waals surface area contributed by atoms with Crippen LogP contribution in [0.5, 0.6) is 0 Å². The third-order valence-corrected chi connectivity index (χ3v) is 6.51. The zero-order chi connectivity index (χ0) is 22.9. The van der Waals surface area contributed by atoms with Crippen molar-refractivity contribution >= 4 is 12.4 Å². The second kappa shape index (κ2) is 11.5. The number of unbranched alkanes of at least 4 members (excludes halogenated alkanes) is 3. The standard InChI is InChI=1S/C26H42O4/c1-19-17-22(13-9-8-11-15-25(4,5)24(28)29)20(2)21(3)23(19)14-10-12-16-26(6,7)30-18-27/h17-18H,8-16H2,1-7H3,(H,28,29). The van der Waals surface area contributed by atoms with E-state index >= 15 is 0 Å². The summed E-state index contributed by atoms with van der Waals surface area (Å²) < 4.78 is 5.14. The summed E-state index contributed by atoms with van der Waals surface area (Å²) in [5.41, 5.74) is 6.03. The molecule has 1 N–H and O–H groups in total. The molecule has 0 aliphatic rings. The molecule has 1 rings (SSSR count). The van der Waals surface area contributed by atoms with Crippen molar-refractivity contribution in [3.63, 3.8) is 0 Å². The number of carbonyl (C=O) groups excluding carboxylic acids is 1. The van der Waals surface area contributed by atoms with Crippen molar-refractivity contribution in [3.8, 4) is 0 Å². The SMILES string of the molecule is Cc1cc(CCCCCC(C)(C)C(=O)O)c(C)c(C)c1CCCCC(C)(C)OC=O. The maximum atomic E-state index is 11.2. The highest BCUT2D eigenvalue weighted by molar-refractivity contribution is 5.73. The number of carboxylic acid groups (broad SMARTS) is 1. The molecule has 170 valence electrons. The molecule has 0 radical (unpaired) electrons. The molecule has 0 aliphatic carbocycles. The quantitative estimate of drug-likeness (QED) is 0.277. The van der Waals surface area contributed by atoms with Gasteiger partial charge in [0.2, 0.25) is 0 Å². The van der Waals surface area contributed by atoms with Crippen LogP contribution >= 0.6 is 0 Å². The lowest BCUT2D eigenvalue weighted by atomic mass is 9.86. The zero-order valence-corrected chi connectivity index (χ0v) is 20.2. The van der Waals surface area contributed by atoms with E-state index in [9.17, 15) is 14.7 Å². The minimum Gasteiger partial charge on any atom is -0.481 e. The van der Waals surface area contributed by atoms with Crippen molar-refractivity contribution < 1.29 is 19.4 Å². The van der Waals surface area contributed by atoms with E-state index in [-0.39, 0.29) is 5.60 Å². The summed E-state index contributed by atoms with van der Waals surface area (Å²) in [6, 6.07) is 2.35. The molecular formula is C26H42O4. The monoisotopic (exact) mass is 418 g/mol. The largest absolute Gasteiger partial charge is 0.481 e. The van der Waals surface area contributed by atoms with Crippen molar-refractivity contribution in [1.29, 1.82) is 0 Å². The highest BCUT2D eigenvalue weighted by atomic mass is 16.5. The molecule has 30 heavy (non-hydrogen) atoms. The van der Waals surface area contributed by atoms with Gasteiger partial charge in [0.15, 0.2) is 0 Å². The van der Waals surface area contributed by atoms with Crippen molar-refractivity contribution in [1.82, 2.24) is 0 Å². The van der Waals surface area contributed by atoms with Crippen LogP contribution in [0.2, 0.25) is 0 Å². The molecule has 1 aromatic rings. The second-order valence-corrected chi connectivity index (χ2v) is 10.0. The summed E-state index contributed by atoms with van der Waals surface area (Å²) in [4.78, 5) is 21.8. The Morgan fingerprint density at radius 1 is 0.933 bits per heavy atom. The lowest BCUT2D eigenvalue weighted by molar-refractivity contribution is -0.147. The van der Waals surface area contributed by atoms with E-state index in [2.05, 4.69) is 26.8 Å². The normalized spacial score (nSPS) is 12.1. The number of carboxylic acids is 1. The Balaban J connectivity index is 2.57. The first-order chi connectivity index (χ1) is 13.9. The predicted octanol–water partition coefficient (Wildman–Crippen LogP) is 6.49. The molecule has 0 fully saturated rings. The van der Waals surface area contributed by atoms with Crippen LogP contribution in [-0.4, -0.2) is 23.1 Å². The molecule has 0 heterocycles. The third-order valence-electron chi connectivity index (χ3n) is 6.51. The van der Waals surface area contributed by atoms with Gasteiger partial charge in [-0.25, -0.2) is 0 Å². The van der Waals surface area contributed by atoms with E-state index in [1.807, 2.05) is 13.8 Å². The Hall–Kier alpha value is -1.84. The highest BCUT2D eigenvalue weighted by Gasteiger charge is 2.26. The van der Waals surface area contributed by atoms with Gasteiger partial charge in [0, 0.05) is 0 Å². The Bertz CT molecular complexity index is 716. The van der Waals surface area contributed by atoms with Crippen LogP contribution in [0.1, 0.15) is 100 Å². The molecule has 0 aromatic heterocycles. The minimum absolute atomic E-state index is 0.384. The summed E-state index contributed by atoms with van der Waals surface area (Å²) in [5.74, 6) is -0.708. The Kier molecular flexibility index (Phi) is 10.1. The van der Waals surface area contributed by atoms with Crippen LogP contribution in [-0.2, 0) is 27.2 Å². The Labute approximate surface area is 183 Å². The fourth-order valence-electron chi connectivity index (χ4n) is 4.07. The van der Waals surface area contributed by atoms with E-state index in [0.717, 1.165) is 57.8 Å². The van der Waals surface area contributed by atoms with Gasteiger partial charge in [-0.1, -0.05) is 18.9 Å². The second-order valence-electron chi connectivity index (χ2n) is 10.0. The zero-order valence-electron chi connectivity index (χ0n) is 20.2. The number of rotatable bonds is 14. The summed E-state index contributed by atoms with van der Waals surface area (Å²) >= 11 is 0. The molecule has 0 bridgehead atoms. The molecule has 0 saturated carbocycles. The van der Waals surface area contributed by atoms with Gasteiger partial charge in [-0.05, 0) is 121 Å². The highest BCUT2D eigenvalue weighted by Crippen LogP contribution is 2.27. The summed E-state index contributed by atoms with van der Waals surface area (Å²) in [7, 11) is 0. The van der Waals surface area contributed by atoms with E-state index < -0.39 is 11.4 Å². The molecule has 0 spiro atoms. The number of benzene rings is 1. The number of aryl methyl sites for hydroxylation is 2. The first-order valence-corrected chi connectivity index (χ1v) is 11.3. The number of carbonyl (C=O) groups is 2. The van der Waals surface area contributed by atoms with E-state index in [4.69, 9.17) is 4.74 Å². The van der Waals surface area contributed by atoms with Crippen molar-refractivity contribution in [2.45, 2.75) is 112 Å². The molecule has 0 amide bonds. The van der Waals surface area contributed by atoms with Crippen LogP contribution in [0.25, 0.3) is 0 Å². The average molecular weight is 419 g/mol. The predicted molar refractivity (Wildman–Crippen MR) is 123 cm³/mol. The summed E-state index contributed by atoms with van der Waals surface area (Å²) in [6.45, 7) is 14.7. The van der Waals surface area contributed by atoms with Gasteiger partial charge in [-0.3, -0.25) is 9.59 Å². The van der Waals surface area contributed by atoms with Crippen molar-refractivity contribution in [2.75, 3.05) is 0 Å². The lowest BCUT2D eigenvalue weighted by Crippen LogP contribution is -2.23. The van der Waals surface area contributed by atoms with Crippen LogP contribution in [0.3, 0.4) is 0 Å². The molecule has 1 aromatic carbocycles. The van der Waals surface area contributed by atoms with Gasteiger partial charge in [0.05, 0.1) is 5.41 Å². The van der Waals surface area contributed by atoms with Crippen LogP contribution in [0.15, 0.2) is 6.07 Å². The van der Waals surface area contributed by atoms with Gasteiger partial charge < -0.3 is 9.84 Å². The van der Waals surface area contributed by atoms with Gasteiger partial charge in [-0.2, -0.15) is 0 Å². The van der Waals surface area contributed by atoms with Gasteiger partial charge >= 0.3 is 5.97 Å². The van der Waals surface area contributed by atoms with E-state index in [1.165, 1.54) is 27.8 Å². The van der Waals surface area contributed by atoms with Crippen LogP contribution in [0.4, 0.5) is 0 Å². The first kappa shape index (κ1) is 26.2. The Morgan fingerprint density at radius 3 is 2.13 bits per heavy atom. The van der Waals surface area contributed by atoms with Gasteiger partial charge in [0.25, 0.3) is 6.47 Å². The topological polar surface area (TPSA) is 63.6 Å². The molecule has 0 unspecified atom stereocenters. The van der Waals surface area contributed by atoms with Crippen LogP contribution < -0.4 is 0 Å². The lowest BCUT2D eigenvalue weighted by Gasteiger charge is -2.22. The summed E-state index contributed by atoms with van der Waals surface area (Å²) in [5, 5.41) is 9.22. The number of hydrogen-bond acceptors (Lipinski definition) is 3. The van der Waals surface area contributed by atoms with Crippen molar-refractivity contribution in [2.24, 2.45) is 5.41 Å². The maximum absolute atomic E-state index is 11.2. The molecule has 0 saturated heterocycles. The van der Waals surface area contributed by atoms with Gasteiger partial charge in [-0.15, -0.1) is 0 Å². The van der Waals surface area contributed by atoms with Crippen molar-refractivity contribution in [3.05, 3.63) is 33.9 Å². The molecule has 4 heteroatoms. The molecule has 4 nitrogen and oxygen atoms in total. The smallest absolute Gasteiger partial charge is 0.309 e. The first-order valence-electron chi connectivity index (χ1n) is 11.3. The van der Waals surface area contributed by atoms with E-state index in [0.29, 0.717) is 6.47 Å². The fraction of sp³-hybridized carbons (Fsp3) is 0.692. The number of hydrogen-bond donors (Lipinski definition) is 1.